The SMILES string of the molecule is CCOc1cc(=O)n(C)cc1-c1cc(NS(=O)(=O)CC)ccc1OC1Cc2ccccc2C1. The van der Waals surface area contributed by atoms with E-state index < -0.39 is 10.0 Å². The number of rotatable bonds is 8. The maximum Gasteiger partial charge on any atom is 0.254 e. The molecule has 1 N–H and O–H groups in total. The number of aromatic nitrogens is 1. The van der Waals surface area contributed by atoms with Gasteiger partial charge < -0.3 is 14.0 Å². The van der Waals surface area contributed by atoms with Gasteiger partial charge in [0.05, 0.1) is 12.4 Å². The highest BCUT2D eigenvalue weighted by atomic mass is 32.2. The molecule has 33 heavy (non-hydrogen) atoms. The Morgan fingerprint density at radius 1 is 1.00 bits per heavy atom. The van der Waals surface area contributed by atoms with Gasteiger partial charge in [-0.05, 0) is 43.2 Å². The molecule has 7 nitrogen and oxygen atoms in total. The Kier molecular flexibility index (Phi) is 6.47. The number of anilines is 1. The first kappa shape index (κ1) is 22.9. The molecule has 0 saturated carbocycles. The van der Waals surface area contributed by atoms with Gasteiger partial charge in [0, 0.05) is 49.0 Å². The zero-order valence-electron chi connectivity index (χ0n) is 19.0. The maximum atomic E-state index is 12.2. The van der Waals surface area contributed by atoms with E-state index >= 15 is 0 Å². The van der Waals surface area contributed by atoms with Gasteiger partial charge in [-0.2, -0.15) is 0 Å². The monoisotopic (exact) mass is 468 g/mol. The highest BCUT2D eigenvalue weighted by molar-refractivity contribution is 7.92. The van der Waals surface area contributed by atoms with Gasteiger partial charge in [-0.1, -0.05) is 24.3 Å². The third-order valence-corrected chi connectivity index (χ3v) is 7.03. The van der Waals surface area contributed by atoms with Crippen LogP contribution in [0, 0.1) is 0 Å². The molecule has 1 aliphatic carbocycles. The van der Waals surface area contributed by atoms with Crippen molar-refractivity contribution in [1.29, 1.82) is 0 Å². The fraction of sp³-hybridized carbons (Fsp3) is 0.320. The van der Waals surface area contributed by atoms with Crippen molar-refractivity contribution < 1.29 is 17.9 Å². The molecule has 0 fully saturated rings. The van der Waals surface area contributed by atoms with Gasteiger partial charge in [0.1, 0.15) is 17.6 Å². The number of nitrogens with one attached hydrogen (secondary N) is 1. The van der Waals surface area contributed by atoms with Crippen LogP contribution in [-0.4, -0.2) is 31.4 Å². The molecule has 0 bridgehead atoms. The predicted octanol–water partition coefficient (Wildman–Crippen LogP) is 3.76. The van der Waals surface area contributed by atoms with Crippen LogP contribution in [0.1, 0.15) is 25.0 Å². The van der Waals surface area contributed by atoms with Gasteiger partial charge in [0.2, 0.25) is 10.0 Å². The molecule has 1 aromatic heterocycles. The van der Waals surface area contributed by atoms with Crippen molar-refractivity contribution in [3.8, 4) is 22.6 Å². The smallest absolute Gasteiger partial charge is 0.254 e. The fourth-order valence-electron chi connectivity index (χ4n) is 4.03. The molecule has 0 aliphatic heterocycles. The number of aryl methyl sites for hydroxylation is 1. The van der Waals surface area contributed by atoms with Crippen molar-refractivity contribution in [3.63, 3.8) is 0 Å². The highest BCUT2D eigenvalue weighted by Gasteiger charge is 2.25. The molecule has 0 unspecified atom stereocenters. The first-order chi connectivity index (χ1) is 15.8. The summed E-state index contributed by atoms with van der Waals surface area (Å²) in [6, 6.07) is 14.9. The Balaban J connectivity index is 1.78. The Hall–Kier alpha value is -3.26. The number of hydrogen-bond acceptors (Lipinski definition) is 5. The number of nitrogens with zero attached hydrogens (tertiary/aromatic N) is 1. The van der Waals surface area contributed by atoms with E-state index in [9.17, 15) is 13.2 Å². The van der Waals surface area contributed by atoms with Gasteiger partial charge in [0.15, 0.2) is 0 Å². The number of hydrogen-bond donors (Lipinski definition) is 1. The molecule has 8 heteroatoms. The average molecular weight is 469 g/mol. The molecule has 0 amide bonds. The predicted molar refractivity (Wildman–Crippen MR) is 130 cm³/mol. The summed E-state index contributed by atoms with van der Waals surface area (Å²) in [7, 11) is -1.79. The largest absolute Gasteiger partial charge is 0.493 e. The zero-order chi connectivity index (χ0) is 23.6. The summed E-state index contributed by atoms with van der Waals surface area (Å²) in [5, 5.41) is 0. The van der Waals surface area contributed by atoms with Crippen LogP contribution in [0.5, 0.6) is 11.5 Å². The number of benzene rings is 2. The zero-order valence-corrected chi connectivity index (χ0v) is 19.8. The van der Waals surface area contributed by atoms with Crippen molar-refractivity contribution in [3.05, 3.63) is 76.2 Å². The lowest BCUT2D eigenvalue weighted by molar-refractivity contribution is 0.215. The second-order valence-corrected chi connectivity index (χ2v) is 10.1. The molecule has 1 aliphatic rings. The van der Waals surface area contributed by atoms with Crippen molar-refractivity contribution >= 4 is 15.7 Å². The van der Waals surface area contributed by atoms with Crippen LogP contribution in [0.25, 0.3) is 11.1 Å². The molecule has 0 spiro atoms. The summed E-state index contributed by atoms with van der Waals surface area (Å²) in [6.07, 6.45) is 3.25. The summed E-state index contributed by atoms with van der Waals surface area (Å²) in [5.74, 6) is 0.993. The van der Waals surface area contributed by atoms with Gasteiger partial charge in [0.25, 0.3) is 5.56 Å². The molecule has 1 heterocycles. The summed E-state index contributed by atoms with van der Waals surface area (Å²) in [6.45, 7) is 3.81. The maximum absolute atomic E-state index is 12.2. The molecule has 0 radical (unpaired) electrons. The van der Waals surface area contributed by atoms with Crippen molar-refractivity contribution in [2.75, 3.05) is 17.1 Å². The normalized spacial score (nSPS) is 13.5. The molecule has 0 saturated heterocycles. The van der Waals surface area contributed by atoms with Crippen LogP contribution in [0.15, 0.2) is 59.5 Å². The second kappa shape index (κ2) is 9.31. The Morgan fingerprint density at radius 2 is 1.70 bits per heavy atom. The number of ether oxygens (including phenoxy) is 2. The number of pyridine rings is 1. The second-order valence-electron chi connectivity index (χ2n) is 8.07. The summed E-state index contributed by atoms with van der Waals surface area (Å²) >= 11 is 0. The van der Waals surface area contributed by atoms with Gasteiger partial charge in [-0.3, -0.25) is 9.52 Å². The number of sulfonamides is 1. The molecular weight excluding hydrogens is 440 g/mol. The Morgan fingerprint density at radius 3 is 2.33 bits per heavy atom. The van der Waals surface area contributed by atoms with Crippen LogP contribution < -0.4 is 19.8 Å². The molecular formula is C25H28N2O5S. The van der Waals surface area contributed by atoms with E-state index in [1.165, 1.54) is 21.8 Å². The number of fused-ring (bicyclic) bond motifs is 1. The third kappa shape index (κ3) is 5.06. The van der Waals surface area contributed by atoms with Gasteiger partial charge in [-0.15, -0.1) is 0 Å². The lowest BCUT2D eigenvalue weighted by Crippen LogP contribution is -2.19. The minimum absolute atomic E-state index is 0.0368. The summed E-state index contributed by atoms with van der Waals surface area (Å²) < 4.78 is 40.6. The molecule has 3 aromatic rings. The lowest BCUT2D eigenvalue weighted by Gasteiger charge is -2.20. The van der Waals surface area contributed by atoms with E-state index in [0.717, 1.165) is 12.8 Å². The van der Waals surface area contributed by atoms with Crippen molar-refractivity contribution in [2.45, 2.75) is 32.8 Å². The molecule has 4 rings (SSSR count). The van der Waals surface area contributed by atoms with E-state index in [-0.39, 0.29) is 17.4 Å². The molecule has 174 valence electrons. The van der Waals surface area contributed by atoms with Crippen LogP contribution in [0.2, 0.25) is 0 Å². The standard InChI is InChI=1S/C25H28N2O5S/c1-4-31-24-15-25(28)27(3)16-22(24)21-14-19(26-33(29,30)5-2)10-11-23(21)32-20-12-17-8-6-7-9-18(17)13-20/h6-11,14-16,20,26H,4-5,12-13H2,1-3H3. The van der Waals surface area contributed by atoms with Crippen LogP contribution in [0.4, 0.5) is 5.69 Å². The minimum Gasteiger partial charge on any atom is -0.493 e. The Bertz CT molecular complexity index is 1310. The van der Waals surface area contributed by atoms with E-state index in [4.69, 9.17) is 9.47 Å². The Labute approximate surface area is 194 Å². The van der Waals surface area contributed by atoms with E-state index in [1.807, 2.05) is 19.1 Å². The highest BCUT2D eigenvalue weighted by Crippen LogP contribution is 2.39. The van der Waals surface area contributed by atoms with Crippen LogP contribution in [0.3, 0.4) is 0 Å². The topological polar surface area (TPSA) is 86.6 Å². The van der Waals surface area contributed by atoms with Crippen molar-refractivity contribution in [2.24, 2.45) is 7.05 Å². The van der Waals surface area contributed by atoms with Crippen LogP contribution >= 0.6 is 0 Å². The van der Waals surface area contributed by atoms with Gasteiger partial charge in [-0.25, -0.2) is 8.42 Å². The minimum atomic E-state index is -3.46. The average Bonchev–Trinajstić information content (AvgIpc) is 3.19. The first-order valence-electron chi connectivity index (χ1n) is 11.0. The van der Waals surface area contributed by atoms with E-state index in [1.54, 1.807) is 38.4 Å². The third-order valence-electron chi connectivity index (χ3n) is 5.72. The quantitative estimate of drug-likeness (QED) is 0.544. The summed E-state index contributed by atoms with van der Waals surface area (Å²) in [5.41, 5.74) is 4.08. The molecule has 2 aromatic carbocycles. The fourth-order valence-corrected chi connectivity index (χ4v) is 4.66. The van der Waals surface area contributed by atoms with Gasteiger partial charge >= 0.3 is 0 Å². The van der Waals surface area contributed by atoms with E-state index in [2.05, 4.69) is 16.9 Å². The summed E-state index contributed by atoms with van der Waals surface area (Å²) in [4.78, 5) is 12.2. The van der Waals surface area contributed by atoms with Crippen molar-refractivity contribution in [1.82, 2.24) is 4.57 Å². The van der Waals surface area contributed by atoms with E-state index in [0.29, 0.717) is 34.9 Å². The van der Waals surface area contributed by atoms with Crippen LogP contribution in [-0.2, 0) is 29.9 Å². The lowest BCUT2D eigenvalue weighted by atomic mass is 10.0. The first-order valence-corrected chi connectivity index (χ1v) is 12.7. The molecule has 0 atom stereocenters.